The Morgan fingerprint density at radius 2 is 2.21 bits per heavy atom. The Morgan fingerprint density at radius 1 is 1.47 bits per heavy atom. The van der Waals surface area contributed by atoms with Crippen LogP contribution in [-0.2, 0) is 14.8 Å². The van der Waals surface area contributed by atoms with Crippen molar-refractivity contribution in [3.63, 3.8) is 0 Å². The van der Waals surface area contributed by atoms with Crippen molar-refractivity contribution >= 4 is 15.8 Å². The molecule has 1 saturated heterocycles. The number of piperidine rings is 1. The molecular formula is C12H13N3O3S. The monoisotopic (exact) mass is 279 g/mol. The molecule has 1 aromatic heterocycles. The van der Waals surface area contributed by atoms with Crippen molar-refractivity contribution in [2.45, 2.75) is 18.2 Å². The summed E-state index contributed by atoms with van der Waals surface area (Å²) in [6.45, 7) is 2.12. The Hall–Kier alpha value is -1.78. The number of rotatable bonds is 2. The van der Waals surface area contributed by atoms with Gasteiger partial charge in [0.25, 0.3) is 0 Å². The molecule has 19 heavy (non-hydrogen) atoms. The van der Waals surface area contributed by atoms with E-state index in [0.29, 0.717) is 0 Å². The first kappa shape index (κ1) is 13.6. The van der Waals surface area contributed by atoms with Crippen LogP contribution in [0.1, 0.15) is 19.0 Å². The summed E-state index contributed by atoms with van der Waals surface area (Å²) in [7, 11) is -3.63. The van der Waals surface area contributed by atoms with Crippen LogP contribution in [0.2, 0.25) is 0 Å². The van der Waals surface area contributed by atoms with Crippen molar-refractivity contribution in [2.24, 2.45) is 5.92 Å². The Labute approximate surface area is 111 Å². The fourth-order valence-corrected chi connectivity index (χ4v) is 3.42. The first-order chi connectivity index (χ1) is 8.95. The highest BCUT2D eigenvalue weighted by Crippen LogP contribution is 2.21. The second kappa shape index (κ2) is 5.07. The van der Waals surface area contributed by atoms with Crippen LogP contribution >= 0.6 is 0 Å². The van der Waals surface area contributed by atoms with Crippen molar-refractivity contribution in [3.8, 4) is 6.07 Å². The molecule has 1 fully saturated rings. The molecule has 0 saturated carbocycles. The quantitative estimate of drug-likeness (QED) is 0.788. The van der Waals surface area contributed by atoms with E-state index in [9.17, 15) is 13.2 Å². The van der Waals surface area contributed by atoms with Gasteiger partial charge in [0.15, 0.2) is 0 Å². The fourth-order valence-electron chi connectivity index (χ4n) is 1.95. The number of hydrogen-bond acceptors (Lipinski definition) is 5. The smallest absolute Gasteiger partial charge is 0.244 e. The number of carbonyl (C=O) groups is 1. The number of aromatic nitrogens is 1. The summed E-state index contributed by atoms with van der Waals surface area (Å²) in [5, 5.41) is 8.63. The van der Waals surface area contributed by atoms with Crippen LogP contribution in [0.3, 0.4) is 0 Å². The van der Waals surface area contributed by atoms with Crippen LogP contribution in [0.4, 0.5) is 0 Å². The molecule has 6 nitrogen and oxygen atoms in total. The number of pyridine rings is 1. The maximum atomic E-state index is 12.3. The molecule has 0 radical (unpaired) electrons. The third-order valence-corrected chi connectivity index (χ3v) is 4.97. The summed E-state index contributed by atoms with van der Waals surface area (Å²) in [5.41, 5.74) is 0.168. The summed E-state index contributed by atoms with van der Waals surface area (Å²) in [6, 6.07) is 4.56. The lowest BCUT2D eigenvalue weighted by atomic mass is 10.0. The number of hydrogen-bond donors (Lipinski definition) is 0. The summed E-state index contributed by atoms with van der Waals surface area (Å²) in [5.74, 6) is -0.195. The first-order valence-corrected chi connectivity index (χ1v) is 7.28. The number of nitrogens with zero attached hydrogens (tertiary/aromatic N) is 3. The van der Waals surface area contributed by atoms with Crippen LogP contribution in [0.5, 0.6) is 0 Å². The predicted octanol–water partition coefficient (Wildman–Crippen LogP) is 0.553. The molecule has 1 aliphatic heterocycles. The molecule has 0 aromatic carbocycles. The average Bonchev–Trinajstić information content (AvgIpc) is 2.41. The summed E-state index contributed by atoms with van der Waals surface area (Å²) < 4.78 is 26.0. The zero-order valence-electron chi connectivity index (χ0n) is 10.4. The lowest BCUT2D eigenvalue weighted by Gasteiger charge is -2.29. The van der Waals surface area contributed by atoms with Gasteiger partial charge >= 0.3 is 0 Å². The molecule has 2 rings (SSSR count). The van der Waals surface area contributed by atoms with E-state index < -0.39 is 10.0 Å². The zero-order chi connectivity index (χ0) is 14.0. The number of nitriles is 1. The largest absolute Gasteiger partial charge is 0.299 e. The third-order valence-electron chi connectivity index (χ3n) is 3.12. The van der Waals surface area contributed by atoms with Crippen molar-refractivity contribution in [1.29, 1.82) is 5.26 Å². The second-order valence-corrected chi connectivity index (χ2v) is 6.41. The molecule has 2 heterocycles. The standard InChI is InChI=1S/C12H13N3O3S/c1-9-8-15(5-4-12(9)16)19(17,18)11-3-2-10(6-13)14-7-11/h2-3,7,9H,4-5,8H2,1H3. The molecule has 7 heteroatoms. The van der Waals surface area contributed by atoms with Crippen molar-refractivity contribution in [2.75, 3.05) is 13.1 Å². The minimum absolute atomic E-state index is 0.0491. The molecular weight excluding hydrogens is 266 g/mol. The van der Waals surface area contributed by atoms with E-state index in [1.807, 2.05) is 6.07 Å². The van der Waals surface area contributed by atoms with Gasteiger partial charge in [0, 0.05) is 31.6 Å². The van der Waals surface area contributed by atoms with E-state index in [-0.39, 0.29) is 41.8 Å². The van der Waals surface area contributed by atoms with Crippen LogP contribution in [0.15, 0.2) is 23.2 Å². The van der Waals surface area contributed by atoms with Crippen molar-refractivity contribution < 1.29 is 13.2 Å². The van der Waals surface area contributed by atoms with E-state index in [1.165, 1.54) is 22.6 Å². The maximum absolute atomic E-state index is 12.3. The number of sulfonamides is 1. The third kappa shape index (κ3) is 2.64. The second-order valence-electron chi connectivity index (χ2n) is 4.47. The van der Waals surface area contributed by atoms with Gasteiger partial charge in [-0.05, 0) is 12.1 Å². The summed E-state index contributed by atoms with van der Waals surface area (Å²) in [4.78, 5) is 15.2. The molecule has 0 N–H and O–H groups in total. The van der Waals surface area contributed by atoms with E-state index in [2.05, 4.69) is 4.98 Å². The average molecular weight is 279 g/mol. The van der Waals surface area contributed by atoms with Gasteiger partial charge in [-0.15, -0.1) is 0 Å². The topological polar surface area (TPSA) is 91.1 Å². The lowest BCUT2D eigenvalue weighted by molar-refractivity contribution is -0.124. The van der Waals surface area contributed by atoms with Gasteiger partial charge in [-0.25, -0.2) is 13.4 Å². The Kier molecular flexibility index (Phi) is 3.64. The fraction of sp³-hybridized carbons (Fsp3) is 0.417. The molecule has 0 spiro atoms. The first-order valence-electron chi connectivity index (χ1n) is 5.84. The van der Waals surface area contributed by atoms with Crippen molar-refractivity contribution in [3.05, 3.63) is 24.0 Å². The van der Waals surface area contributed by atoms with Crippen LogP contribution in [0, 0.1) is 17.2 Å². The molecule has 0 amide bonds. The lowest BCUT2D eigenvalue weighted by Crippen LogP contribution is -2.43. The van der Waals surface area contributed by atoms with Crippen LogP contribution in [0.25, 0.3) is 0 Å². The van der Waals surface area contributed by atoms with E-state index in [4.69, 9.17) is 5.26 Å². The van der Waals surface area contributed by atoms with Gasteiger partial charge in [0.05, 0.1) is 0 Å². The molecule has 1 atom stereocenters. The Balaban J connectivity index is 2.27. The number of ketones is 1. The highest BCUT2D eigenvalue weighted by atomic mass is 32.2. The minimum atomic E-state index is -3.63. The highest BCUT2D eigenvalue weighted by Gasteiger charge is 2.32. The number of Topliss-reactive ketones (excluding diaryl/α,β-unsaturated/α-hetero) is 1. The predicted molar refractivity (Wildman–Crippen MR) is 66.5 cm³/mol. The Bertz CT molecular complexity index is 631. The highest BCUT2D eigenvalue weighted by molar-refractivity contribution is 7.89. The maximum Gasteiger partial charge on any atom is 0.244 e. The van der Waals surface area contributed by atoms with Gasteiger partial charge in [-0.1, -0.05) is 6.92 Å². The number of carbonyl (C=O) groups excluding carboxylic acids is 1. The summed E-state index contributed by atoms with van der Waals surface area (Å²) >= 11 is 0. The summed E-state index contributed by atoms with van der Waals surface area (Å²) in [6.07, 6.45) is 1.42. The van der Waals surface area contributed by atoms with Crippen molar-refractivity contribution in [1.82, 2.24) is 9.29 Å². The van der Waals surface area contributed by atoms with Gasteiger partial charge in [0.2, 0.25) is 10.0 Å². The van der Waals surface area contributed by atoms with E-state index in [1.54, 1.807) is 6.92 Å². The van der Waals surface area contributed by atoms with Gasteiger partial charge in [0.1, 0.15) is 22.4 Å². The van der Waals surface area contributed by atoms with Gasteiger partial charge in [-0.3, -0.25) is 4.79 Å². The molecule has 0 bridgehead atoms. The zero-order valence-corrected chi connectivity index (χ0v) is 11.2. The van der Waals surface area contributed by atoms with E-state index in [0.717, 1.165) is 0 Å². The van der Waals surface area contributed by atoms with E-state index >= 15 is 0 Å². The SMILES string of the molecule is CC1CN(S(=O)(=O)c2ccc(C#N)nc2)CCC1=O. The van der Waals surface area contributed by atoms with Crippen LogP contribution < -0.4 is 0 Å². The van der Waals surface area contributed by atoms with Crippen LogP contribution in [-0.4, -0.2) is 36.6 Å². The van der Waals surface area contributed by atoms with Gasteiger partial charge in [-0.2, -0.15) is 9.57 Å². The molecule has 1 unspecified atom stereocenters. The molecule has 0 aliphatic carbocycles. The van der Waals surface area contributed by atoms with Gasteiger partial charge < -0.3 is 0 Å². The minimum Gasteiger partial charge on any atom is -0.299 e. The molecule has 1 aliphatic rings. The molecule has 1 aromatic rings. The normalized spacial score (nSPS) is 21.1. The molecule has 100 valence electrons. The Morgan fingerprint density at radius 3 is 2.74 bits per heavy atom.